The molecule has 1 aliphatic rings. The van der Waals surface area contributed by atoms with Gasteiger partial charge in [-0.3, -0.25) is 0 Å². The third-order valence-electron chi connectivity index (χ3n) is 3.64. The molecule has 0 aliphatic carbocycles. The molecule has 1 amide bonds. The maximum absolute atomic E-state index is 12.8. The van der Waals surface area contributed by atoms with Crippen molar-refractivity contribution < 1.29 is 13.7 Å². The normalized spacial score (nSPS) is 19.4. The monoisotopic (exact) mass is 432 g/mol. The third-order valence-corrected chi connectivity index (χ3v) is 5.88. The second-order valence-corrected chi connectivity index (χ2v) is 8.89. The van der Waals surface area contributed by atoms with Crippen molar-refractivity contribution in [2.75, 3.05) is 18.4 Å². The van der Waals surface area contributed by atoms with Gasteiger partial charge in [0, 0.05) is 24.5 Å². The zero-order chi connectivity index (χ0) is 19.0. The van der Waals surface area contributed by atoms with Gasteiger partial charge in [-0.25, -0.2) is 13.3 Å². The molecule has 25 heavy (non-hydrogen) atoms. The Kier molecular flexibility index (Phi) is 9.10. The maximum Gasteiger partial charge on any atom is 0.407 e. The first kappa shape index (κ1) is 22.1. The molecular weight excluding hydrogens is 404 g/mol. The molecule has 0 aromatic heterocycles. The van der Waals surface area contributed by atoms with Crippen molar-refractivity contribution in [2.45, 2.75) is 52.2 Å². The lowest BCUT2D eigenvalue weighted by Gasteiger charge is -2.32. The zero-order valence-electron chi connectivity index (χ0n) is 15.5. The maximum atomic E-state index is 12.8. The summed E-state index contributed by atoms with van der Waals surface area (Å²) >= 11 is 3.40. The van der Waals surface area contributed by atoms with Gasteiger partial charge in [0.15, 0.2) is 0 Å². The average Bonchev–Trinajstić information content (AvgIpc) is 2.54. The van der Waals surface area contributed by atoms with Crippen molar-refractivity contribution in [2.24, 2.45) is 0 Å². The predicted molar refractivity (Wildman–Crippen MR) is 108 cm³/mol. The Hall–Kier alpha value is -0.920. The van der Waals surface area contributed by atoms with Gasteiger partial charge >= 0.3 is 6.09 Å². The summed E-state index contributed by atoms with van der Waals surface area (Å²) in [7, 11) is -1.21. The summed E-state index contributed by atoms with van der Waals surface area (Å²) in [5.74, 6) is 0. The van der Waals surface area contributed by atoms with Gasteiger partial charge in [0.05, 0.1) is 4.91 Å². The van der Waals surface area contributed by atoms with Crippen molar-refractivity contribution in [1.82, 2.24) is 9.62 Å². The molecule has 0 radical (unpaired) electrons. The Morgan fingerprint density at radius 1 is 1.40 bits per heavy atom. The van der Waals surface area contributed by atoms with Crippen LogP contribution >= 0.6 is 15.9 Å². The average molecular weight is 433 g/mol. The van der Waals surface area contributed by atoms with Gasteiger partial charge in [0.1, 0.15) is 16.6 Å². The highest BCUT2D eigenvalue weighted by molar-refractivity contribution is 9.09. The summed E-state index contributed by atoms with van der Waals surface area (Å²) in [6.45, 7) is 12.5. The Bertz CT molecular complexity index is 559. The minimum absolute atomic E-state index is 0.0546. The molecule has 0 aromatic rings. The van der Waals surface area contributed by atoms with Crippen LogP contribution in [0.3, 0.4) is 0 Å². The van der Waals surface area contributed by atoms with Crippen LogP contribution in [0.15, 0.2) is 35.3 Å². The van der Waals surface area contributed by atoms with E-state index in [0.717, 1.165) is 23.3 Å². The summed E-state index contributed by atoms with van der Waals surface area (Å²) in [6, 6.07) is 0.0546. The summed E-state index contributed by atoms with van der Waals surface area (Å²) in [5.41, 5.74) is 0.487. The van der Waals surface area contributed by atoms with Crippen LogP contribution in [0.1, 0.15) is 40.5 Å². The number of carbonyl (C=O) groups excluding carboxylic acids is 1. The van der Waals surface area contributed by atoms with Crippen LogP contribution in [0.25, 0.3) is 0 Å². The Labute approximate surface area is 162 Å². The Balaban J connectivity index is 2.58. The standard InChI is InChI=1S/C18H29BrN2O3S/c1-6-14(13-19)12-16(7-2)25(23)21-10-8-15(9-11-21)20-17(22)24-18(3,4)5/h6-7,12,15H,1,8-11,13H2,2-5H3,(H,20,22)/b14-12+,16-7+. The molecule has 1 heterocycles. The van der Waals surface area contributed by atoms with Gasteiger partial charge in [-0.2, -0.15) is 0 Å². The number of ether oxygens (including phenoxy) is 1. The fourth-order valence-corrected chi connectivity index (χ4v) is 4.04. The number of hydrogen-bond acceptors (Lipinski definition) is 3. The quantitative estimate of drug-likeness (QED) is 0.508. The molecular formula is C18H29BrN2O3S. The molecule has 1 fully saturated rings. The number of halogens is 1. The first-order valence-electron chi connectivity index (χ1n) is 8.41. The molecule has 5 nitrogen and oxygen atoms in total. The van der Waals surface area contributed by atoms with Gasteiger partial charge < -0.3 is 10.1 Å². The van der Waals surface area contributed by atoms with Crippen LogP contribution in [0.4, 0.5) is 4.79 Å². The predicted octanol–water partition coefficient (Wildman–Crippen LogP) is 4.05. The highest BCUT2D eigenvalue weighted by atomic mass is 79.9. The van der Waals surface area contributed by atoms with Crippen LogP contribution in [-0.4, -0.2) is 44.7 Å². The second-order valence-electron chi connectivity index (χ2n) is 6.85. The molecule has 1 N–H and O–H groups in total. The van der Waals surface area contributed by atoms with Crippen LogP contribution in [-0.2, 0) is 15.7 Å². The number of nitrogens with one attached hydrogen (secondary N) is 1. The topological polar surface area (TPSA) is 58.6 Å². The largest absolute Gasteiger partial charge is 0.444 e. The summed E-state index contributed by atoms with van der Waals surface area (Å²) < 4.78 is 20.0. The fraction of sp³-hybridized carbons (Fsp3) is 0.611. The molecule has 0 aromatic carbocycles. The summed E-state index contributed by atoms with van der Waals surface area (Å²) in [5, 5.41) is 3.57. The van der Waals surface area contributed by atoms with Crippen molar-refractivity contribution >= 4 is 33.0 Å². The highest BCUT2D eigenvalue weighted by Crippen LogP contribution is 2.19. The highest BCUT2D eigenvalue weighted by Gasteiger charge is 2.26. The molecule has 0 spiro atoms. The number of hydrogen-bond donors (Lipinski definition) is 1. The van der Waals surface area contributed by atoms with Crippen LogP contribution < -0.4 is 5.32 Å². The van der Waals surface area contributed by atoms with Crippen molar-refractivity contribution in [1.29, 1.82) is 0 Å². The SMILES string of the molecule is C=C/C(=C\C(=C/C)S(=O)N1CCC(NC(=O)OC(C)(C)C)CC1)CBr. The van der Waals surface area contributed by atoms with Crippen molar-refractivity contribution in [3.63, 3.8) is 0 Å². The minimum atomic E-state index is -1.21. The number of alkyl carbamates (subject to hydrolysis) is 1. The lowest BCUT2D eigenvalue weighted by atomic mass is 10.1. The van der Waals surface area contributed by atoms with E-state index in [-0.39, 0.29) is 6.04 Å². The van der Waals surface area contributed by atoms with Gasteiger partial charge in [-0.05, 0) is 52.2 Å². The number of allylic oxidation sites excluding steroid dienone is 4. The Morgan fingerprint density at radius 3 is 2.44 bits per heavy atom. The number of alkyl halides is 1. The number of piperidine rings is 1. The molecule has 0 bridgehead atoms. The van der Waals surface area contributed by atoms with E-state index in [1.54, 1.807) is 6.08 Å². The van der Waals surface area contributed by atoms with Crippen LogP contribution in [0.5, 0.6) is 0 Å². The summed E-state index contributed by atoms with van der Waals surface area (Å²) in [6.07, 6.45) is 6.64. The lowest BCUT2D eigenvalue weighted by molar-refractivity contribution is 0.0490. The number of amides is 1. The zero-order valence-corrected chi connectivity index (χ0v) is 17.9. The minimum Gasteiger partial charge on any atom is -0.444 e. The van der Waals surface area contributed by atoms with Crippen LogP contribution in [0, 0.1) is 0 Å². The number of carbonyl (C=O) groups is 1. The van der Waals surface area contributed by atoms with Crippen LogP contribution in [0.2, 0.25) is 0 Å². The first-order valence-corrected chi connectivity index (χ1v) is 10.6. The molecule has 1 atom stereocenters. The van der Waals surface area contributed by atoms with Crippen molar-refractivity contribution in [3.05, 3.63) is 35.3 Å². The van der Waals surface area contributed by atoms with Gasteiger partial charge in [0.2, 0.25) is 0 Å². The van der Waals surface area contributed by atoms with E-state index in [0.29, 0.717) is 18.4 Å². The van der Waals surface area contributed by atoms with E-state index in [4.69, 9.17) is 4.74 Å². The van der Waals surface area contributed by atoms with E-state index in [1.165, 1.54) is 0 Å². The molecule has 142 valence electrons. The fourth-order valence-electron chi connectivity index (χ4n) is 2.36. The number of rotatable bonds is 6. The van der Waals surface area contributed by atoms with E-state index in [1.807, 2.05) is 44.2 Å². The summed E-state index contributed by atoms with van der Waals surface area (Å²) in [4.78, 5) is 12.6. The van der Waals surface area contributed by atoms with Crippen molar-refractivity contribution in [3.8, 4) is 0 Å². The number of nitrogens with zero attached hydrogens (tertiary/aromatic N) is 1. The molecule has 1 saturated heterocycles. The Morgan fingerprint density at radius 2 is 2.00 bits per heavy atom. The smallest absolute Gasteiger partial charge is 0.407 e. The van der Waals surface area contributed by atoms with Gasteiger partial charge in [-0.1, -0.05) is 34.7 Å². The van der Waals surface area contributed by atoms with Gasteiger partial charge in [-0.15, -0.1) is 0 Å². The van der Waals surface area contributed by atoms with Gasteiger partial charge in [0.25, 0.3) is 0 Å². The molecule has 1 aliphatic heterocycles. The van der Waals surface area contributed by atoms with E-state index in [2.05, 4.69) is 27.8 Å². The molecule has 7 heteroatoms. The second kappa shape index (κ2) is 10.3. The molecule has 1 unspecified atom stereocenters. The first-order chi connectivity index (χ1) is 11.7. The van der Waals surface area contributed by atoms with E-state index >= 15 is 0 Å². The molecule has 1 rings (SSSR count). The van der Waals surface area contributed by atoms with E-state index < -0.39 is 22.7 Å². The molecule has 0 saturated carbocycles. The third kappa shape index (κ3) is 7.88. The van der Waals surface area contributed by atoms with E-state index in [9.17, 15) is 9.00 Å². The lowest BCUT2D eigenvalue weighted by Crippen LogP contribution is -2.46.